The second kappa shape index (κ2) is 3.90. The Balaban J connectivity index is 2.19. The van der Waals surface area contributed by atoms with E-state index in [1.54, 1.807) is 12.0 Å². The van der Waals surface area contributed by atoms with Crippen LogP contribution in [0.2, 0.25) is 0 Å². The molecule has 1 aromatic rings. The highest BCUT2D eigenvalue weighted by Crippen LogP contribution is 2.23. The van der Waals surface area contributed by atoms with Crippen molar-refractivity contribution < 1.29 is 9.53 Å². The van der Waals surface area contributed by atoms with Gasteiger partial charge in [-0.15, -0.1) is 0 Å². The highest BCUT2D eigenvalue weighted by molar-refractivity contribution is 5.99. The van der Waals surface area contributed by atoms with Gasteiger partial charge in [0.25, 0.3) is 0 Å². The fourth-order valence-electron chi connectivity index (χ4n) is 1.72. The van der Waals surface area contributed by atoms with Gasteiger partial charge in [0.15, 0.2) is 0 Å². The minimum Gasteiger partial charge on any atom is -0.497 e. The highest BCUT2D eigenvalue weighted by Gasteiger charge is 2.29. The zero-order valence-corrected chi connectivity index (χ0v) is 8.64. The maximum absolute atomic E-state index is 11.6. The minimum absolute atomic E-state index is 0.000154. The summed E-state index contributed by atoms with van der Waals surface area (Å²) in [4.78, 5) is 13.3. The number of carbonyl (C=O) groups is 1. The molecule has 0 aliphatic carbocycles. The summed E-state index contributed by atoms with van der Waals surface area (Å²) in [5.74, 6) is 0.787. The van der Waals surface area contributed by atoms with Crippen LogP contribution in [0.15, 0.2) is 24.3 Å². The summed E-state index contributed by atoms with van der Waals surface area (Å²) in [5, 5.41) is 0. The fourth-order valence-corrected chi connectivity index (χ4v) is 1.72. The molecule has 80 valence electrons. The molecule has 2 N–H and O–H groups in total. The summed E-state index contributed by atoms with van der Waals surface area (Å²) in [6.45, 7) is 0.701. The molecule has 1 amide bonds. The smallest absolute Gasteiger partial charge is 0.243 e. The molecule has 2 rings (SSSR count). The molecule has 0 spiro atoms. The van der Waals surface area contributed by atoms with Gasteiger partial charge in [-0.1, -0.05) is 0 Å². The van der Waals surface area contributed by atoms with Gasteiger partial charge in [-0.25, -0.2) is 0 Å². The summed E-state index contributed by atoms with van der Waals surface area (Å²) < 4.78 is 5.05. The quantitative estimate of drug-likeness (QED) is 0.777. The number of amides is 1. The number of carbonyl (C=O) groups excluding carboxylic acids is 1. The second-order valence-corrected chi connectivity index (χ2v) is 3.58. The molecule has 0 saturated carbocycles. The Morgan fingerprint density at radius 2 is 2.07 bits per heavy atom. The Morgan fingerprint density at radius 1 is 1.40 bits per heavy atom. The summed E-state index contributed by atoms with van der Waals surface area (Å²) in [6, 6.07) is 7.08. The average molecular weight is 206 g/mol. The van der Waals surface area contributed by atoms with Gasteiger partial charge in [0.05, 0.1) is 13.2 Å². The first-order valence-electron chi connectivity index (χ1n) is 4.93. The molecule has 0 bridgehead atoms. The molecule has 15 heavy (non-hydrogen) atoms. The highest BCUT2D eigenvalue weighted by atomic mass is 16.5. The van der Waals surface area contributed by atoms with Crippen LogP contribution >= 0.6 is 0 Å². The number of nitrogens with two attached hydrogens (primary N) is 1. The lowest BCUT2D eigenvalue weighted by molar-refractivity contribution is -0.118. The molecular weight excluding hydrogens is 192 g/mol. The number of hydrogen-bond acceptors (Lipinski definition) is 3. The lowest BCUT2D eigenvalue weighted by Gasteiger charge is -2.16. The van der Waals surface area contributed by atoms with Crippen LogP contribution in [0.25, 0.3) is 0 Å². The third-order valence-electron chi connectivity index (χ3n) is 2.63. The van der Waals surface area contributed by atoms with Crippen molar-refractivity contribution in [3.63, 3.8) is 0 Å². The molecule has 1 aliphatic heterocycles. The Kier molecular flexibility index (Phi) is 2.60. The monoisotopic (exact) mass is 206 g/mol. The molecule has 1 saturated heterocycles. The van der Waals surface area contributed by atoms with Crippen molar-refractivity contribution >= 4 is 11.6 Å². The van der Waals surface area contributed by atoms with Gasteiger partial charge in [-0.2, -0.15) is 0 Å². The Labute approximate surface area is 88.6 Å². The van der Waals surface area contributed by atoms with Crippen LogP contribution in [0.5, 0.6) is 5.75 Å². The van der Waals surface area contributed by atoms with Crippen molar-refractivity contribution in [1.29, 1.82) is 0 Å². The molecule has 1 aromatic carbocycles. The summed E-state index contributed by atoms with van der Waals surface area (Å²) in [5.41, 5.74) is 6.53. The van der Waals surface area contributed by atoms with E-state index in [4.69, 9.17) is 10.5 Å². The first-order valence-corrected chi connectivity index (χ1v) is 4.93. The van der Waals surface area contributed by atoms with Crippen molar-refractivity contribution in [2.45, 2.75) is 12.5 Å². The van der Waals surface area contributed by atoms with Crippen molar-refractivity contribution in [2.24, 2.45) is 5.73 Å². The predicted octanol–water partition coefficient (Wildman–Crippen LogP) is 0.759. The number of rotatable bonds is 2. The number of benzene rings is 1. The van der Waals surface area contributed by atoms with Crippen molar-refractivity contribution in [3.05, 3.63) is 24.3 Å². The van der Waals surface area contributed by atoms with E-state index in [1.165, 1.54) is 0 Å². The molecule has 1 aliphatic rings. The molecule has 1 fully saturated rings. The zero-order chi connectivity index (χ0) is 10.8. The first kappa shape index (κ1) is 9.98. The van der Waals surface area contributed by atoms with Crippen LogP contribution in [-0.4, -0.2) is 25.6 Å². The van der Waals surface area contributed by atoms with E-state index < -0.39 is 0 Å². The topological polar surface area (TPSA) is 55.6 Å². The van der Waals surface area contributed by atoms with Crippen LogP contribution < -0.4 is 15.4 Å². The van der Waals surface area contributed by atoms with Crippen molar-refractivity contribution in [2.75, 3.05) is 18.6 Å². The fraction of sp³-hybridized carbons (Fsp3) is 0.364. The number of anilines is 1. The maximum atomic E-state index is 11.6. The summed E-state index contributed by atoms with van der Waals surface area (Å²) in [7, 11) is 1.62. The van der Waals surface area contributed by atoms with E-state index in [0.717, 1.165) is 17.9 Å². The summed E-state index contributed by atoms with van der Waals surface area (Å²) in [6.07, 6.45) is 0.727. The lowest BCUT2D eigenvalue weighted by Crippen LogP contribution is -2.33. The third kappa shape index (κ3) is 1.80. The Morgan fingerprint density at radius 3 is 2.53 bits per heavy atom. The predicted molar refractivity (Wildman–Crippen MR) is 57.9 cm³/mol. The van der Waals surface area contributed by atoms with Gasteiger partial charge in [0, 0.05) is 12.2 Å². The largest absolute Gasteiger partial charge is 0.497 e. The van der Waals surface area contributed by atoms with E-state index in [-0.39, 0.29) is 11.9 Å². The molecule has 1 heterocycles. The van der Waals surface area contributed by atoms with Crippen molar-refractivity contribution in [3.8, 4) is 5.75 Å². The van der Waals surface area contributed by atoms with Gasteiger partial charge < -0.3 is 15.4 Å². The van der Waals surface area contributed by atoms with Crippen LogP contribution in [-0.2, 0) is 4.79 Å². The number of hydrogen-bond donors (Lipinski definition) is 1. The first-order chi connectivity index (χ1) is 7.22. The van der Waals surface area contributed by atoms with Gasteiger partial charge in [0.1, 0.15) is 5.75 Å². The number of ether oxygens (including phenoxy) is 1. The van der Waals surface area contributed by atoms with Gasteiger partial charge in [0.2, 0.25) is 5.91 Å². The molecule has 1 unspecified atom stereocenters. The molecule has 0 radical (unpaired) electrons. The van der Waals surface area contributed by atoms with Gasteiger partial charge >= 0.3 is 0 Å². The molecule has 4 heteroatoms. The van der Waals surface area contributed by atoms with Gasteiger partial charge in [-0.3, -0.25) is 4.79 Å². The van der Waals surface area contributed by atoms with Crippen LogP contribution in [0.3, 0.4) is 0 Å². The van der Waals surface area contributed by atoms with E-state index in [2.05, 4.69) is 0 Å². The summed E-state index contributed by atoms with van der Waals surface area (Å²) >= 11 is 0. The normalized spacial score (nSPS) is 20.8. The SMILES string of the molecule is COc1ccc(N2CCC(N)C2=O)cc1. The molecule has 1 atom stereocenters. The molecule has 4 nitrogen and oxygen atoms in total. The Hall–Kier alpha value is -1.55. The van der Waals surface area contributed by atoms with E-state index in [0.29, 0.717) is 6.54 Å². The van der Waals surface area contributed by atoms with Crippen LogP contribution in [0.1, 0.15) is 6.42 Å². The van der Waals surface area contributed by atoms with E-state index in [1.807, 2.05) is 24.3 Å². The second-order valence-electron chi connectivity index (χ2n) is 3.58. The van der Waals surface area contributed by atoms with Crippen LogP contribution in [0, 0.1) is 0 Å². The van der Waals surface area contributed by atoms with Gasteiger partial charge in [-0.05, 0) is 30.7 Å². The van der Waals surface area contributed by atoms with Crippen LogP contribution in [0.4, 0.5) is 5.69 Å². The molecular formula is C11H14N2O2. The Bertz CT molecular complexity index is 361. The molecule has 0 aromatic heterocycles. The number of methoxy groups -OCH3 is 1. The maximum Gasteiger partial charge on any atom is 0.243 e. The lowest BCUT2D eigenvalue weighted by atomic mass is 10.2. The average Bonchev–Trinajstić information content (AvgIpc) is 2.60. The zero-order valence-electron chi connectivity index (χ0n) is 8.64. The van der Waals surface area contributed by atoms with E-state index in [9.17, 15) is 4.79 Å². The third-order valence-corrected chi connectivity index (χ3v) is 2.63. The number of nitrogens with zero attached hydrogens (tertiary/aromatic N) is 1. The van der Waals surface area contributed by atoms with Crippen molar-refractivity contribution in [1.82, 2.24) is 0 Å². The minimum atomic E-state index is -0.341. The standard InChI is InChI=1S/C11H14N2O2/c1-15-9-4-2-8(3-5-9)13-7-6-10(12)11(13)14/h2-5,10H,6-7,12H2,1H3. The van der Waals surface area contributed by atoms with E-state index >= 15 is 0 Å².